The normalized spacial score (nSPS) is 15.2. The van der Waals surface area contributed by atoms with E-state index in [2.05, 4.69) is 32.9 Å². The van der Waals surface area contributed by atoms with Crippen molar-refractivity contribution >= 4 is 11.3 Å². The molecule has 0 radical (unpaired) electrons. The molecule has 15 heavy (non-hydrogen) atoms. The highest BCUT2D eigenvalue weighted by atomic mass is 32.1. The van der Waals surface area contributed by atoms with Gasteiger partial charge in [-0.1, -0.05) is 33.1 Å². The highest BCUT2D eigenvalue weighted by molar-refractivity contribution is 7.12. The molecule has 0 amide bonds. The van der Waals surface area contributed by atoms with Crippen LogP contribution in [0.2, 0.25) is 0 Å². The van der Waals surface area contributed by atoms with Crippen LogP contribution < -0.4 is 0 Å². The third kappa shape index (κ3) is 3.62. The van der Waals surface area contributed by atoms with E-state index >= 15 is 0 Å². The highest BCUT2D eigenvalue weighted by Crippen LogP contribution is 2.32. The Labute approximate surface area is 97.2 Å². The molecule has 2 unspecified atom stereocenters. The van der Waals surface area contributed by atoms with Crippen LogP contribution in [0.15, 0.2) is 12.1 Å². The Morgan fingerprint density at radius 2 is 2.07 bits per heavy atom. The lowest BCUT2D eigenvalue weighted by atomic mass is 9.92. The van der Waals surface area contributed by atoms with Gasteiger partial charge in [0.2, 0.25) is 0 Å². The first kappa shape index (κ1) is 12.7. The molecule has 2 heteroatoms. The summed E-state index contributed by atoms with van der Waals surface area (Å²) in [4.78, 5) is 2.42. The first-order valence-corrected chi connectivity index (χ1v) is 6.75. The summed E-state index contributed by atoms with van der Waals surface area (Å²) in [6.07, 6.45) is 4.40. The van der Waals surface area contributed by atoms with Crippen molar-refractivity contribution in [1.82, 2.24) is 0 Å². The van der Waals surface area contributed by atoms with Crippen LogP contribution in [0.5, 0.6) is 0 Å². The maximum atomic E-state index is 10.2. The van der Waals surface area contributed by atoms with Gasteiger partial charge in [0, 0.05) is 9.75 Å². The van der Waals surface area contributed by atoms with Crippen molar-refractivity contribution in [2.75, 3.05) is 0 Å². The van der Waals surface area contributed by atoms with Gasteiger partial charge in [-0.25, -0.2) is 0 Å². The molecular weight excluding hydrogens is 204 g/mol. The molecule has 1 aromatic heterocycles. The van der Waals surface area contributed by atoms with Gasteiger partial charge in [-0.15, -0.1) is 11.3 Å². The Kier molecular flexibility index (Phi) is 5.34. The van der Waals surface area contributed by atoms with Crippen LogP contribution in [0, 0.1) is 12.8 Å². The molecule has 0 spiro atoms. The first-order valence-electron chi connectivity index (χ1n) is 5.93. The summed E-state index contributed by atoms with van der Waals surface area (Å²) in [5.41, 5.74) is 0. The van der Waals surface area contributed by atoms with E-state index in [4.69, 9.17) is 0 Å². The van der Waals surface area contributed by atoms with Crippen molar-refractivity contribution in [3.63, 3.8) is 0 Å². The van der Waals surface area contributed by atoms with Gasteiger partial charge in [-0.05, 0) is 31.4 Å². The number of rotatable bonds is 6. The predicted molar refractivity (Wildman–Crippen MR) is 67.3 cm³/mol. The Hall–Kier alpha value is -0.340. The Balaban J connectivity index is 2.59. The van der Waals surface area contributed by atoms with E-state index in [9.17, 15) is 5.11 Å². The molecule has 1 N–H and O–H groups in total. The Morgan fingerprint density at radius 3 is 2.53 bits per heavy atom. The molecule has 1 rings (SSSR count). The predicted octanol–water partition coefficient (Wildman–Crippen LogP) is 4.31. The summed E-state index contributed by atoms with van der Waals surface area (Å²) >= 11 is 1.72. The summed E-state index contributed by atoms with van der Waals surface area (Å²) in [5.74, 6) is 0.433. The minimum Gasteiger partial charge on any atom is -0.387 e. The standard InChI is InChI=1S/C13H22OS/c1-4-6-7-11(5-2)13(14)12-9-8-10(3)15-12/h8-9,11,13-14H,4-7H2,1-3H3. The fourth-order valence-electron chi connectivity index (χ4n) is 1.90. The average Bonchev–Trinajstić information content (AvgIpc) is 2.65. The summed E-state index contributed by atoms with van der Waals surface area (Å²) in [6, 6.07) is 4.16. The van der Waals surface area contributed by atoms with Crippen molar-refractivity contribution in [2.24, 2.45) is 5.92 Å². The molecule has 86 valence electrons. The van der Waals surface area contributed by atoms with E-state index in [0.717, 1.165) is 17.7 Å². The van der Waals surface area contributed by atoms with E-state index in [1.165, 1.54) is 17.7 Å². The maximum absolute atomic E-state index is 10.2. The Bertz CT molecular complexity index is 280. The average molecular weight is 226 g/mol. The van der Waals surface area contributed by atoms with Crippen LogP contribution in [0.25, 0.3) is 0 Å². The number of unbranched alkanes of at least 4 members (excludes halogenated alkanes) is 1. The second kappa shape index (κ2) is 6.29. The van der Waals surface area contributed by atoms with Crippen molar-refractivity contribution in [2.45, 2.75) is 52.6 Å². The van der Waals surface area contributed by atoms with Gasteiger partial charge in [-0.3, -0.25) is 0 Å². The molecule has 0 aliphatic rings. The molecule has 0 bridgehead atoms. The van der Waals surface area contributed by atoms with Crippen LogP contribution >= 0.6 is 11.3 Å². The van der Waals surface area contributed by atoms with Crippen LogP contribution in [0.3, 0.4) is 0 Å². The third-order valence-corrected chi connectivity index (χ3v) is 4.02. The fraction of sp³-hybridized carbons (Fsp3) is 0.692. The quantitative estimate of drug-likeness (QED) is 0.766. The molecule has 0 aliphatic heterocycles. The van der Waals surface area contributed by atoms with Crippen LogP contribution in [0.4, 0.5) is 0 Å². The lowest BCUT2D eigenvalue weighted by molar-refractivity contribution is 0.102. The van der Waals surface area contributed by atoms with Gasteiger partial charge in [0.15, 0.2) is 0 Å². The van der Waals surface area contributed by atoms with Crippen molar-refractivity contribution in [1.29, 1.82) is 0 Å². The number of hydrogen-bond acceptors (Lipinski definition) is 2. The molecule has 1 nitrogen and oxygen atoms in total. The third-order valence-electron chi connectivity index (χ3n) is 2.95. The van der Waals surface area contributed by atoms with Crippen molar-refractivity contribution in [3.8, 4) is 0 Å². The molecular formula is C13H22OS. The van der Waals surface area contributed by atoms with E-state index in [0.29, 0.717) is 5.92 Å². The fourth-order valence-corrected chi connectivity index (χ4v) is 2.85. The molecule has 2 atom stereocenters. The summed E-state index contributed by atoms with van der Waals surface area (Å²) < 4.78 is 0. The van der Waals surface area contributed by atoms with E-state index in [1.54, 1.807) is 11.3 Å². The number of aliphatic hydroxyl groups is 1. The van der Waals surface area contributed by atoms with Crippen LogP contribution in [0.1, 0.15) is 55.4 Å². The second-order valence-corrected chi connectivity index (χ2v) is 5.52. The number of aryl methyl sites for hydroxylation is 1. The molecule has 0 saturated carbocycles. The van der Waals surface area contributed by atoms with Gasteiger partial charge in [-0.2, -0.15) is 0 Å². The number of thiophene rings is 1. The Morgan fingerprint density at radius 1 is 1.33 bits per heavy atom. The molecule has 0 aliphatic carbocycles. The smallest absolute Gasteiger partial charge is 0.0909 e. The molecule has 0 fully saturated rings. The first-order chi connectivity index (χ1) is 7.19. The van der Waals surface area contributed by atoms with E-state index < -0.39 is 0 Å². The van der Waals surface area contributed by atoms with Gasteiger partial charge in [0.1, 0.15) is 0 Å². The minimum atomic E-state index is -0.250. The molecule has 1 heterocycles. The number of aliphatic hydroxyl groups excluding tert-OH is 1. The SMILES string of the molecule is CCCCC(CC)C(O)c1ccc(C)s1. The zero-order chi connectivity index (χ0) is 11.3. The maximum Gasteiger partial charge on any atom is 0.0909 e. The van der Waals surface area contributed by atoms with Gasteiger partial charge in [0.05, 0.1) is 6.10 Å². The van der Waals surface area contributed by atoms with Gasteiger partial charge < -0.3 is 5.11 Å². The molecule has 0 saturated heterocycles. The van der Waals surface area contributed by atoms with Crippen LogP contribution in [-0.4, -0.2) is 5.11 Å². The summed E-state index contributed by atoms with van der Waals surface area (Å²) in [7, 11) is 0. The van der Waals surface area contributed by atoms with Crippen molar-refractivity contribution in [3.05, 3.63) is 21.9 Å². The monoisotopic (exact) mass is 226 g/mol. The van der Waals surface area contributed by atoms with E-state index in [-0.39, 0.29) is 6.10 Å². The zero-order valence-electron chi connectivity index (χ0n) is 9.99. The van der Waals surface area contributed by atoms with E-state index in [1.807, 2.05) is 0 Å². The number of hydrogen-bond donors (Lipinski definition) is 1. The highest BCUT2D eigenvalue weighted by Gasteiger charge is 2.19. The molecule has 1 aromatic rings. The van der Waals surface area contributed by atoms with Crippen LogP contribution in [-0.2, 0) is 0 Å². The second-order valence-electron chi connectivity index (χ2n) is 4.20. The lowest BCUT2D eigenvalue weighted by Gasteiger charge is -2.20. The van der Waals surface area contributed by atoms with Crippen molar-refractivity contribution < 1.29 is 5.11 Å². The van der Waals surface area contributed by atoms with Gasteiger partial charge >= 0.3 is 0 Å². The zero-order valence-corrected chi connectivity index (χ0v) is 10.8. The molecule has 0 aromatic carbocycles. The summed E-state index contributed by atoms with van der Waals surface area (Å²) in [6.45, 7) is 6.46. The topological polar surface area (TPSA) is 20.2 Å². The lowest BCUT2D eigenvalue weighted by Crippen LogP contribution is -2.10. The van der Waals surface area contributed by atoms with Gasteiger partial charge in [0.25, 0.3) is 0 Å². The minimum absolute atomic E-state index is 0.250. The largest absolute Gasteiger partial charge is 0.387 e. The summed E-state index contributed by atoms with van der Waals surface area (Å²) in [5, 5.41) is 10.2.